The predicted molar refractivity (Wildman–Crippen MR) is 149 cm³/mol. The van der Waals surface area contributed by atoms with Crippen molar-refractivity contribution in [3.63, 3.8) is 0 Å². The van der Waals surface area contributed by atoms with E-state index in [1.54, 1.807) is 24.0 Å². The van der Waals surface area contributed by atoms with Gasteiger partial charge in [0.1, 0.15) is 16.0 Å². The van der Waals surface area contributed by atoms with Crippen LogP contribution in [-0.4, -0.2) is 27.5 Å². The van der Waals surface area contributed by atoms with Crippen LogP contribution in [0.15, 0.2) is 67.3 Å². The van der Waals surface area contributed by atoms with Crippen LogP contribution in [0.25, 0.3) is 22.3 Å². The number of nitrogens with zero attached hydrogens (tertiary/aromatic N) is 1. The Bertz CT molecular complexity index is 1210. The highest BCUT2D eigenvalue weighted by molar-refractivity contribution is 9.10. The van der Waals surface area contributed by atoms with Gasteiger partial charge in [0.2, 0.25) is 0 Å². The van der Waals surface area contributed by atoms with E-state index in [1.807, 2.05) is 38.4 Å². The second kappa shape index (κ2) is 11.1. The maximum Gasteiger partial charge on any atom is 0.140 e. The summed E-state index contributed by atoms with van der Waals surface area (Å²) in [4.78, 5) is 3.31. The molecule has 3 aromatic rings. The summed E-state index contributed by atoms with van der Waals surface area (Å²) in [7, 11) is 3.69. The van der Waals surface area contributed by atoms with E-state index in [-0.39, 0.29) is 11.1 Å². The molecule has 0 radical (unpaired) electrons. The average molecular weight is 633 g/mol. The molecule has 0 spiro atoms. The number of hydrogen-bond donors (Lipinski definition) is 0. The molecule has 9 heteroatoms. The number of benzene rings is 3. The molecule has 166 valence electrons. The summed E-state index contributed by atoms with van der Waals surface area (Å²) in [5.41, 5.74) is 1.50. The summed E-state index contributed by atoms with van der Waals surface area (Å²) >= 11 is 20.1. The second-order valence-electron chi connectivity index (χ2n) is 6.95. The van der Waals surface area contributed by atoms with Crippen molar-refractivity contribution in [2.75, 3.05) is 14.1 Å². The van der Waals surface area contributed by atoms with Crippen LogP contribution in [0.5, 0.6) is 0 Å². The molecule has 0 N–H and O–H groups in total. The monoisotopic (exact) mass is 631 g/mol. The van der Waals surface area contributed by atoms with Gasteiger partial charge in [-0.1, -0.05) is 79.8 Å². The zero-order valence-electron chi connectivity index (χ0n) is 17.2. The van der Waals surface area contributed by atoms with Crippen LogP contribution < -0.4 is 0 Å². The lowest BCUT2D eigenvalue weighted by atomic mass is 9.99. The Morgan fingerprint density at radius 1 is 0.750 bits per heavy atom. The molecule has 3 aromatic carbocycles. The Kier molecular flexibility index (Phi) is 8.91. The van der Waals surface area contributed by atoms with E-state index in [4.69, 9.17) is 24.4 Å². The fourth-order valence-corrected chi connectivity index (χ4v) is 5.67. The van der Waals surface area contributed by atoms with Crippen LogP contribution in [0.4, 0.5) is 8.78 Å². The van der Waals surface area contributed by atoms with Gasteiger partial charge in [0, 0.05) is 48.2 Å². The van der Waals surface area contributed by atoms with Crippen molar-refractivity contribution in [2.24, 2.45) is 0 Å². The van der Waals surface area contributed by atoms with E-state index >= 15 is 8.78 Å². The van der Waals surface area contributed by atoms with Crippen LogP contribution in [0, 0.1) is 11.6 Å². The van der Waals surface area contributed by atoms with Crippen molar-refractivity contribution in [1.82, 2.24) is 4.90 Å². The first-order valence-electron chi connectivity index (χ1n) is 9.23. The van der Waals surface area contributed by atoms with Gasteiger partial charge in [-0.05, 0) is 66.6 Å². The van der Waals surface area contributed by atoms with E-state index in [9.17, 15) is 0 Å². The first kappa shape index (κ1) is 25.8. The highest BCUT2D eigenvalue weighted by atomic mass is 79.9. The van der Waals surface area contributed by atoms with Crippen molar-refractivity contribution < 1.29 is 8.78 Å². The van der Waals surface area contributed by atoms with Gasteiger partial charge in [0.25, 0.3) is 0 Å². The number of halogens is 4. The van der Waals surface area contributed by atoms with Gasteiger partial charge < -0.3 is 4.90 Å². The van der Waals surface area contributed by atoms with Crippen molar-refractivity contribution in [3.05, 3.63) is 69.1 Å². The number of thioether (sulfide) groups is 2. The largest absolute Gasteiger partial charge is 0.363 e. The average Bonchev–Trinajstić information content (AvgIpc) is 2.71. The molecule has 0 bridgehead atoms. The molecule has 1 nitrogen and oxygen atoms in total. The molecule has 0 aliphatic carbocycles. The zero-order chi connectivity index (χ0) is 23.6. The van der Waals surface area contributed by atoms with Crippen LogP contribution in [0.2, 0.25) is 0 Å². The van der Waals surface area contributed by atoms with Gasteiger partial charge in [-0.3, -0.25) is 0 Å². The fourth-order valence-electron chi connectivity index (χ4n) is 2.90. The Balaban J connectivity index is 2.15. The third-order valence-corrected chi connectivity index (χ3v) is 8.17. The Labute approximate surface area is 222 Å². The minimum atomic E-state index is -0.521. The second-order valence-corrected chi connectivity index (χ2v) is 12.6. The molecule has 0 unspecified atom stereocenters. The third kappa shape index (κ3) is 6.18. The molecule has 0 fully saturated rings. The molecule has 0 saturated carbocycles. The molecule has 3 rings (SSSR count). The molecule has 0 saturated heterocycles. The first-order valence-corrected chi connectivity index (χ1v) is 13.3. The number of thiocarbonyl (C=S) groups is 2. The van der Waals surface area contributed by atoms with Crippen molar-refractivity contribution in [3.8, 4) is 22.3 Å². The molecule has 0 aromatic heterocycles. The Hall–Kier alpha value is -0.840. The molecule has 0 amide bonds. The Morgan fingerprint density at radius 3 is 1.59 bits per heavy atom. The topological polar surface area (TPSA) is 3.24 Å². The Morgan fingerprint density at radius 2 is 1.19 bits per heavy atom. The molecule has 32 heavy (non-hydrogen) atoms. The van der Waals surface area contributed by atoms with Crippen LogP contribution in [-0.2, 0) is 0 Å². The van der Waals surface area contributed by atoms with Gasteiger partial charge >= 0.3 is 0 Å². The van der Waals surface area contributed by atoms with Gasteiger partial charge in [0.05, 0.1) is 0 Å². The van der Waals surface area contributed by atoms with Crippen LogP contribution in [0.1, 0.15) is 6.92 Å². The maximum absolute atomic E-state index is 15.4. The van der Waals surface area contributed by atoms with Crippen molar-refractivity contribution >= 4 is 88.3 Å². The SMILES string of the molecule is CC(=S)Sc1ccc(Br)cc1-c1cc(F)c(-c2cc(Br)ccc2SC(=S)N(C)C)cc1F. The minimum Gasteiger partial charge on any atom is -0.363 e. The molecule has 0 aliphatic heterocycles. The van der Waals surface area contributed by atoms with Crippen LogP contribution in [0.3, 0.4) is 0 Å². The van der Waals surface area contributed by atoms with Crippen molar-refractivity contribution in [2.45, 2.75) is 16.7 Å². The normalized spacial score (nSPS) is 10.8. The lowest BCUT2D eigenvalue weighted by Crippen LogP contribution is -2.15. The third-order valence-electron chi connectivity index (χ3n) is 4.34. The smallest absolute Gasteiger partial charge is 0.140 e. The lowest BCUT2D eigenvalue weighted by Gasteiger charge is -2.17. The number of hydrogen-bond acceptors (Lipinski definition) is 4. The summed E-state index contributed by atoms with van der Waals surface area (Å²) in [5, 5.41) is 0. The molecular weight excluding hydrogens is 616 g/mol. The quantitative estimate of drug-likeness (QED) is 0.208. The van der Waals surface area contributed by atoms with E-state index in [0.29, 0.717) is 19.6 Å². The maximum atomic E-state index is 15.4. The van der Waals surface area contributed by atoms with Gasteiger partial charge in [0.15, 0.2) is 0 Å². The van der Waals surface area contributed by atoms with E-state index in [1.165, 1.54) is 35.7 Å². The molecule has 0 aliphatic rings. The lowest BCUT2D eigenvalue weighted by molar-refractivity contribution is 0.605. The van der Waals surface area contributed by atoms with E-state index in [2.05, 4.69) is 31.9 Å². The zero-order valence-corrected chi connectivity index (χ0v) is 23.6. The minimum absolute atomic E-state index is 0.173. The fraction of sp³-hybridized carbons (Fsp3) is 0.130. The summed E-state index contributed by atoms with van der Waals surface area (Å²) in [6.07, 6.45) is 0. The molecule has 0 heterocycles. The highest BCUT2D eigenvalue weighted by Gasteiger charge is 2.19. The predicted octanol–water partition coefficient (Wildman–Crippen LogP) is 9.20. The van der Waals surface area contributed by atoms with Crippen molar-refractivity contribution in [1.29, 1.82) is 0 Å². The van der Waals surface area contributed by atoms with Gasteiger partial charge in [-0.15, -0.1) is 0 Å². The first-order chi connectivity index (χ1) is 15.1. The summed E-state index contributed by atoms with van der Waals surface area (Å²) < 4.78 is 33.7. The summed E-state index contributed by atoms with van der Waals surface area (Å²) in [6.45, 7) is 1.80. The number of rotatable bonds is 4. The van der Waals surface area contributed by atoms with E-state index in [0.717, 1.165) is 18.7 Å². The van der Waals surface area contributed by atoms with Gasteiger partial charge in [-0.25, -0.2) is 8.78 Å². The highest BCUT2D eigenvalue weighted by Crippen LogP contribution is 2.41. The molecular formula is C23H17Br2F2NS4. The summed E-state index contributed by atoms with van der Waals surface area (Å²) in [6, 6.07) is 13.4. The summed E-state index contributed by atoms with van der Waals surface area (Å²) in [5.74, 6) is -1.04. The molecule has 0 atom stereocenters. The van der Waals surface area contributed by atoms with Crippen LogP contribution >= 0.6 is 79.8 Å². The standard InChI is InChI=1S/C23H17Br2F2NS4/c1-12(29)31-21-6-4-13(24)8-17(21)15-10-20(27)16(11-19(15)26)18-9-14(25)5-7-22(18)32-23(30)28(2)3/h4-11H,1-3H3. The van der Waals surface area contributed by atoms with Gasteiger partial charge in [-0.2, -0.15) is 0 Å². The van der Waals surface area contributed by atoms with E-state index < -0.39 is 11.6 Å².